The molecule has 0 atom stereocenters. The number of fused-ring (bicyclic) bond motifs is 5. The molecule has 0 amide bonds. The lowest BCUT2D eigenvalue weighted by molar-refractivity contribution is 0.588. The average molecular weight is 487 g/mol. The van der Waals surface area contributed by atoms with Gasteiger partial charge in [0, 0.05) is 10.8 Å². The first kappa shape index (κ1) is 20.7. The first-order valence-electron chi connectivity index (χ1n) is 10.6. The first-order chi connectivity index (χ1) is 16.4. The summed E-state index contributed by atoms with van der Waals surface area (Å²) in [5.74, 6) is 0. The van der Waals surface area contributed by atoms with Crippen LogP contribution in [0.25, 0.3) is 32.8 Å². The Kier molecular flexibility index (Phi) is 4.45. The number of nitrogens with zero attached hydrogens (tertiary/aromatic N) is 2. The minimum absolute atomic E-state index is 0.125. The van der Waals surface area contributed by atoms with Gasteiger partial charge in [0.25, 0.3) is 20.0 Å². The molecule has 8 heteroatoms. The number of para-hydroxylation sites is 2. The maximum absolute atomic E-state index is 13.9. The molecule has 0 N–H and O–H groups in total. The standard InChI is InChI=1S/C26H18N2O4S2/c29-33(30,19-11-3-1-4-12-19)27-23-17-9-7-15-21(23)26-25(27)22-16-8-10-18-24(22)28(26)34(31,32)20-13-5-2-6-14-20/h1-18H. The molecule has 6 aromatic rings. The molecule has 0 aliphatic heterocycles. The monoisotopic (exact) mass is 486 g/mol. The Bertz CT molecular complexity index is 1780. The summed E-state index contributed by atoms with van der Waals surface area (Å²) >= 11 is 0. The molecule has 0 radical (unpaired) electrons. The number of hydrogen-bond acceptors (Lipinski definition) is 4. The topological polar surface area (TPSA) is 78.1 Å². The van der Waals surface area contributed by atoms with Crippen LogP contribution in [0.15, 0.2) is 119 Å². The molecule has 2 aromatic heterocycles. The Labute approximate surface area is 196 Å². The summed E-state index contributed by atoms with van der Waals surface area (Å²) in [4.78, 5) is 0.251. The van der Waals surface area contributed by atoms with Crippen molar-refractivity contribution in [1.82, 2.24) is 7.94 Å². The van der Waals surface area contributed by atoms with E-state index in [0.717, 1.165) is 0 Å². The van der Waals surface area contributed by atoms with Crippen LogP contribution < -0.4 is 0 Å². The highest BCUT2D eigenvalue weighted by atomic mass is 32.2. The molecule has 168 valence electrons. The normalized spacial score (nSPS) is 12.6. The molecule has 2 heterocycles. The van der Waals surface area contributed by atoms with Crippen molar-refractivity contribution >= 4 is 52.9 Å². The van der Waals surface area contributed by atoms with Gasteiger partial charge in [0.1, 0.15) is 0 Å². The van der Waals surface area contributed by atoms with Gasteiger partial charge in [-0.15, -0.1) is 0 Å². The highest BCUT2D eigenvalue weighted by Gasteiger charge is 2.31. The van der Waals surface area contributed by atoms with Gasteiger partial charge in [-0.1, -0.05) is 72.8 Å². The summed E-state index contributed by atoms with van der Waals surface area (Å²) in [7, 11) is -8.06. The molecule has 0 aliphatic rings. The molecule has 0 saturated carbocycles. The molecule has 34 heavy (non-hydrogen) atoms. The molecular formula is C26H18N2O4S2. The fraction of sp³-hybridized carbons (Fsp3) is 0. The van der Waals surface area contributed by atoms with E-state index in [2.05, 4.69) is 0 Å². The largest absolute Gasteiger partial charge is 0.268 e. The van der Waals surface area contributed by atoms with Crippen LogP contribution in [-0.4, -0.2) is 24.8 Å². The van der Waals surface area contributed by atoms with Crippen LogP contribution in [0.3, 0.4) is 0 Å². The molecule has 6 rings (SSSR count). The molecule has 0 bridgehead atoms. The van der Waals surface area contributed by atoms with Gasteiger partial charge in [-0.05, 0) is 36.4 Å². The van der Waals surface area contributed by atoms with Crippen molar-refractivity contribution in [2.75, 3.05) is 0 Å². The van der Waals surface area contributed by atoms with E-state index in [4.69, 9.17) is 0 Å². The van der Waals surface area contributed by atoms with Crippen LogP contribution in [0.4, 0.5) is 0 Å². The van der Waals surface area contributed by atoms with Crippen LogP contribution in [0.1, 0.15) is 0 Å². The van der Waals surface area contributed by atoms with Gasteiger partial charge in [-0.25, -0.2) is 24.8 Å². The van der Waals surface area contributed by atoms with E-state index in [9.17, 15) is 16.8 Å². The first-order valence-corrected chi connectivity index (χ1v) is 13.4. The summed E-state index contributed by atoms with van der Waals surface area (Å²) in [5, 5.41) is 1.07. The van der Waals surface area contributed by atoms with Gasteiger partial charge in [0.15, 0.2) is 0 Å². The van der Waals surface area contributed by atoms with E-state index in [1.807, 2.05) is 0 Å². The maximum atomic E-state index is 13.9. The van der Waals surface area contributed by atoms with Crippen LogP contribution in [0.2, 0.25) is 0 Å². The highest BCUT2D eigenvalue weighted by Crippen LogP contribution is 2.40. The lowest BCUT2D eigenvalue weighted by atomic mass is 10.2. The lowest BCUT2D eigenvalue weighted by Crippen LogP contribution is -2.12. The van der Waals surface area contributed by atoms with Crippen molar-refractivity contribution < 1.29 is 16.8 Å². The Balaban J connectivity index is 1.86. The third-order valence-corrected chi connectivity index (χ3v) is 9.41. The Morgan fingerprint density at radius 3 is 1.12 bits per heavy atom. The second-order valence-electron chi connectivity index (χ2n) is 7.90. The molecule has 4 aromatic carbocycles. The quantitative estimate of drug-likeness (QED) is 0.342. The minimum atomic E-state index is -4.03. The van der Waals surface area contributed by atoms with Crippen molar-refractivity contribution in [2.24, 2.45) is 0 Å². The van der Waals surface area contributed by atoms with Crippen molar-refractivity contribution in [1.29, 1.82) is 0 Å². The fourth-order valence-corrected chi connectivity index (χ4v) is 7.61. The predicted octanol–water partition coefficient (Wildman–Crippen LogP) is 5.22. The molecule has 0 saturated heterocycles. The van der Waals surface area contributed by atoms with Crippen LogP contribution in [0.5, 0.6) is 0 Å². The van der Waals surface area contributed by atoms with E-state index in [-0.39, 0.29) is 9.79 Å². The molecule has 6 nitrogen and oxygen atoms in total. The average Bonchev–Trinajstić information content (AvgIpc) is 3.38. The van der Waals surface area contributed by atoms with Gasteiger partial charge < -0.3 is 0 Å². The number of benzene rings is 4. The zero-order valence-electron chi connectivity index (χ0n) is 17.7. The van der Waals surface area contributed by atoms with E-state index in [0.29, 0.717) is 32.8 Å². The number of rotatable bonds is 4. The second-order valence-corrected chi connectivity index (χ2v) is 11.5. The van der Waals surface area contributed by atoms with Gasteiger partial charge in [-0.2, -0.15) is 0 Å². The van der Waals surface area contributed by atoms with Crippen LogP contribution in [0, 0.1) is 0 Å². The van der Waals surface area contributed by atoms with E-state index in [1.54, 1.807) is 84.9 Å². The summed E-state index contributed by atoms with van der Waals surface area (Å²) in [6.45, 7) is 0. The molecule has 0 fully saturated rings. The third kappa shape index (κ3) is 2.79. The van der Waals surface area contributed by atoms with Gasteiger partial charge in [-0.3, -0.25) is 0 Å². The maximum Gasteiger partial charge on any atom is 0.268 e. The van der Waals surface area contributed by atoms with E-state index in [1.165, 1.54) is 32.2 Å². The summed E-state index contributed by atoms with van der Waals surface area (Å²) in [6, 6.07) is 30.3. The van der Waals surface area contributed by atoms with Crippen LogP contribution >= 0.6 is 0 Å². The summed E-state index contributed by atoms with van der Waals surface area (Å²) in [5.41, 5.74) is 1.50. The summed E-state index contributed by atoms with van der Waals surface area (Å²) < 4.78 is 58.1. The molecule has 0 aliphatic carbocycles. The second kappa shape index (κ2) is 7.31. The van der Waals surface area contributed by atoms with Gasteiger partial charge in [0.05, 0.1) is 31.9 Å². The van der Waals surface area contributed by atoms with E-state index < -0.39 is 20.0 Å². The van der Waals surface area contributed by atoms with Crippen molar-refractivity contribution in [3.8, 4) is 0 Å². The Morgan fingerprint density at radius 2 is 0.735 bits per heavy atom. The molecule has 0 spiro atoms. The molecule has 0 unspecified atom stereocenters. The smallest absolute Gasteiger partial charge is 0.231 e. The van der Waals surface area contributed by atoms with Crippen LogP contribution in [-0.2, 0) is 20.0 Å². The predicted molar refractivity (Wildman–Crippen MR) is 133 cm³/mol. The van der Waals surface area contributed by atoms with Gasteiger partial charge in [0.2, 0.25) is 0 Å². The van der Waals surface area contributed by atoms with E-state index >= 15 is 0 Å². The molecular weight excluding hydrogens is 468 g/mol. The number of hydrogen-bond donors (Lipinski definition) is 0. The zero-order valence-corrected chi connectivity index (χ0v) is 19.4. The third-order valence-electron chi connectivity index (χ3n) is 5.95. The highest BCUT2D eigenvalue weighted by molar-refractivity contribution is 7.91. The summed E-state index contributed by atoms with van der Waals surface area (Å²) in [6.07, 6.45) is 0. The Morgan fingerprint density at radius 1 is 0.412 bits per heavy atom. The fourth-order valence-electron chi connectivity index (χ4n) is 4.50. The zero-order chi connectivity index (χ0) is 23.5. The lowest BCUT2D eigenvalue weighted by Gasteiger charge is -2.10. The van der Waals surface area contributed by atoms with Gasteiger partial charge >= 0.3 is 0 Å². The SMILES string of the molecule is O=S(=O)(c1ccccc1)n1c2ccccc2c2c1c1ccccc1n2S(=O)(=O)c1ccccc1. The van der Waals surface area contributed by atoms with Crippen molar-refractivity contribution in [3.05, 3.63) is 109 Å². The van der Waals surface area contributed by atoms with Crippen molar-refractivity contribution in [3.63, 3.8) is 0 Å². The number of aromatic nitrogens is 2. The van der Waals surface area contributed by atoms with Crippen molar-refractivity contribution in [2.45, 2.75) is 9.79 Å². The Hall–Kier alpha value is -3.88. The minimum Gasteiger partial charge on any atom is -0.231 e.